The van der Waals surface area contributed by atoms with Gasteiger partial charge in [0.15, 0.2) is 0 Å². The highest BCUT2D eigenvalue weighted by Gasteiger charge is 2.28. The third kappa shape index (κ3) is 2.93. The third-order valence-electron chi connectivity index (χ3n) is 1.91. The number of carbonyl (C=O) groups is 1. The molecular weight excluding hydrogens is 234 g/mol. The molecule has 16 heavy (non-hydrogen) atoms. The Hall–Kier alpha value is -1.62. The first-order valence-electron chi connectivity index (χ1n) is 4.46. The minimum atomic E-state index is -1.39. The maximum Gasteiger partial charge on any atom is 0.304 e. The lowest BCUT2D eigenvalue weighted by atomic mass is 10.1. The van der Waals surface area contributed by atoms with Crippen molar-refractivity contribution >= 4 is 23.3 Å². The molecular formula is C10H10ClNO4. The molecule has 0 aromatic heterocycles. The number of nitrogens with zero attached hydrogens (tertiary/aromatic N) is 1. The molecule has 6 heteroatoms. The lowest BCUT2D eigenvalue weighted by Crippen LogP contribution is -2.21. The van der Waals surface area contributed by atoms with Crippen LogP contribution in [-0.4, -0.2) is 10.9 Å². The van der Waals surface area contributed by atoms with Crippen molar-refractivity contribution in [3.05, 3.63) is 39.9 Å². The molecule has 86 valence electrons. The molecule has 0 aliphatic heterocycles. The largest absolute Gasteiger partial charge is 0.439 e. The van der Waals surface area contributed by atoms with Gasteiger partial charge in [0.05, 0.1) is 4.92 Å². The Morgan fingerprint density at radius 2 is 2.19 bits per heavy atom. The van der Waals surface area contributed by atoms with Crippen molar-refractivity contribution in [3.8, 4) is 0 Å². The van der Waals surface area contributed by atoms with Gasteiger partial charge in [-0.1, -0.05) is 23.7 Å². The Morgan fingerprint density at radius 3 is 2.69 bits per heavy atom. The van der Waals surface area contributed by atoms with Crippen LogP contribution in [0.1, 0.15) is 19.4 Å². The minimum Gasteiger partial charge on any atom is -0.439 e. The highest BCUT2D eigenvalue weighted by Crippen LogP contribution is 2.31. The van der Waals surface area contributed by atoms with Gasteiger partial charge in [-0.25, -0.2) is 0 Å². The fraction of sp³-hybridized carbons (Fsp3) is 0.300. The van der Waals surface area contributed by atoms with Crippen molar-refractivity contribution in [1.29, 1.82) is 0 Å². The van der Waals surface area contributed by atoms with Crippen molar-refractivity contribution < 1.29 is 14.5 Å². The van der Waals surface area contributed by atoms with Crippen molar-refractivity contribution in [3.63, 3.8) is 0 Å². The molecule has 1 unspecified atom stereocenters. The monoisotopic (exact) mass is 243 g/mol. The summed E-state index contributed by atoms with van der Waals surface area (Å²) in [5.41, 5.74) is 0.259. The lowest BCUT2D eigenvalue weighted by Gasteiger charge is -2.21. The van der Waals surface area contributed by atoms with E-state index in [-0.39, 0.29) is 5.69 Å². The fourth-order valence-corrected chi connectivity index (χ4v) is 1.45. The second kappa shape index (κ2) is 4.49. The van der Waals surface area contributed by atoms with Crippen LogP contribution in [0.25, 0.3) is 0 Å². The van der Waals surface area contributed by atoms with Gasteiger partial charge in [0.25, 0.3) is 5.69 Å². The first-order chi connectivity index (χ1) is 7.33. The summed E-state index contributed by atoms with van der Waals surface area (Å²) in [5.74, 6) is -0.552. The van der Waals surface area contributed by atoms with Gasteiger partial charge in [0.2, 0.25) is 5.06 Å². The zero-order valence-corrected chi connectivity index (χ0v) is 9.52. The Kier molecular flexibility index (Phi) is 3.49. The summed E-state index contributed by atoms with van der Waals surface area (Å²) in [6, 6.07) is 5.65. The minimum absolute atomic E-state index is 0.100. The van der Waals surface area contributed by atoms with Gasteiger partial charge in [0.1, 0.15) is 0 Å². The zero-order chi connectivity index (χ0) is 12.3. The Balaban J connectivity index is 3.07. The number of hydrogen-bond donors (Lipinski definition) is 0. The second-order valence-corrected chi connectivity index (χ2v) is 4.04. The van der Waals surface area contributed by atoms with E-state index in [4.69, 9.17) is 16.3 Å². The van der Waals surface area contributed by atoms with Crippen molar-refractivity contribution in [1.82, 2.24) is 0 Å². The van der Waals surface area contributed by atoms with Crippen LogP contribution < -0.4 is 0 Å². The molecule has 1 aromatic rings. The molecule has 0 aliphatic carbocycles. The van der Waals surface area contributed by atoms with Gasteiger partial charge in [0, 0.05) is 24.6 Å². The van der Waals surface area contributed by atoms with Gasteiger partial charge in [-0.3, -0.25) is 14.9 Å². The summed E-state index contributed by atoms with van der Waals surface area (Å²) >= 11 is 5.97. The van der Waals surface area contributed by atoms with E-state index in [1.807, 2.05) is 0 Å². The Morgan fingerprint density at radius 1 is 1.56 bits per heavy atom. The Bertz CT molecular complexity index is 431. The van der Waals surface area contributed by atoms with E-state index in [0.717, 1.165) is 0 Å². The summed E-state index contributed by atoms with van der Waals surface area (Å²) < 4.78 is 4.86. The van der Waals surface area contributed by atoms with Gasteiger partial charge in [-0.15, -0.1) is 0 Å². The number of ether oxygens (including phenoxy) is 1. The molecule has 0 aliphatic rings. The van der Waals surface area contributed by atoms with Crippen LogP contribution in [0.15, 0.2) is 24.3 Å². The topological polar surface area (TPSA) is 69.4 Å². The molecule has 5 nitrogen and oxygen atoms in total. The molecule has 0 bridgehead atoms. The fourth-order valence-electron chi connectivity index (χ4n) is 1.23. The standard InChI is InChI=1S/C10H10ClNO4/c1-7(13)16-10(2,11)8-4-3-5-9(6-8)12(14)15/h3-6H,1-2H3. The molecule has 1 aromatic carbocycles. The second-order valence-electron chi connectivity index (χ2n) is 3.32. The number of carbonyl (C=O) groups excluding carboxylic acids is 1. The van der Waals surface area contributed by atoms with Crippen LogP contribution in [0.4, 0.5) is 5.69 Å². The van der Waals surface area contributed by atoms with Crippen LogP contribution in [0, 0.1) is 10.1 Å². The van der Waals surface area contributed by atoms with E-state index >= 15 is 0 Å². The highest BCUT2D eigenvalue weighted by molar-refractivity contribution is 6.23. The Labute approximate surface area is 97.1 Å². The molecule has 0 N–H and O–H groups in total. The third-order valence-corrected chi connectivity index (χ3v) is 2.20. The van der Waals surface area contributed by atoms with Crippen LogP contribution in [-0.2, 0) is 14.6 Å². The summed E-state index contributed by atoms with van der Waals surface area (Å²) in [6.07, 6.45) is 0. The average molecular weight is 244 g/mol. The maximum absolute atomic E-state index is 10.8. The number of rotatable bonds is 3. The van der Waals surface area contributed by atoms with Crippen LogP contribution in [0.3, 0.4) is 0 Å². The zero-order valence-electron chi connectivity index (χ0n) is 8.77. The first kappa shape index (κ1) is 12.4. The quantitative estimate of drug-likeness (QED) is 0.354. The first-order valence-corrected chi connectivity index (χ1v) is 4.84. The van der Waals surface area contributed by atoms with Crippen molar-refractivity contribution in [2.45, 2.75) is 18.9 Å². The van der Waals surface area contributed by atoms with E-state index in [1.54, 1.807) is 6.07 Å². The molecule has 0 spiro atoms. The molecule has 0 radical (unpaired) electrons. The number of alkyl halides is 1. The van der Waals surface area contributed by atoms with E-state index in [9.17, 15) is 14.9 Å². The number of nitro groups is 1. The number of nitro benzene ring substituents is 1. The number of non-ortho nitro benzene ring substituents is 1. The number of esters is 1. The van der Waals surface area contributed by atoms with Gasteiger partial charge in [-0.05, 0) is 6.92 Å². The predicted octanol–water partition coefficient (Wildman–Crippen LogP) is 2.57. The average Bonchev–Trinajstić information content (AvgIpc) is 2.16. The SMILES string of the molecule is CC(=O)OC(C)(Cl)c1cccc([N+](=O)[O-])c1. The van der Waals surface area contributed by atoms with Gasteiger partial charge < -0.3 is 4.74 Å². The van der Waals surface area contributed by atoms with Gasteiger partial charge >= 0.3 is 5.97 Å². The summed E-state index contributed by atoms with van der Waals surface area (Å²) in [6.45, 7) is 2.67. The maximum atomic E-state index is 10.8. The summed E-state index contributed by atoms with van der Waals surface area (Å²) in [7, 11) is 0. The molecule has 0 fully saturated rings. The smallest absolute Gasteiger partial charge is 0.304 e. The summed E-state index contributed by atoms with van der Waals surface area (Å²) in [4.78, 5) is 20.8. The highest BCUT2D eigenvalue weighted by atomic mass is 35.5. The normalized spacial score (nSPS) is 13.9. The lowest BCUT2D eigenvalue weighted by molar-refractivity contribution is -0.385. The number of benzene rings is 1. The molecule has 0 amide bonds. The van der Waals surface area contributed by atoms with E-state index in [2.05, 4.69) is 0 Å². The summed E-state index contributed by atoms with van der Waals surface area (Å²) in [5, 5.41) is 9.17. The predicted molar refractivity (Wildman–Crippen MR) is 58.1 cm³/mol. The number of hydrogen-bond acceptors (Lipinski definition) is 4. The van der Waals surface area contributed by atoms with Crippen molar-refractivity contribution in [2.75, 3.05) is 0 Å². The van der Waals surface area contributed by atoms with Gasteiger partial charge in [-0.2, -0.15) is 0 Å². The molecule has 1 atom stereocenters. The molecule has 0 saturated carbocycles. The van der Waals surface area contributed by atoms with Crippen molar-refractivity contribution in [2.24, 2.45) is 0 Å². The van der Waals surface area contributed by atoms with Crippen LogP contribution >= 0.6 is 11.6 Å². The number of halogens is 1. The van der Waals surface area contributed by atoms with E-state index in [0.29, 0.717) is 5.56 Å². The molecule has 0 heterocycles. The van der Waals surface area contributed by atoms with E-state index < -0.39 is 16.0 Å². The molecule has 0 saturated heterocycles. The molecule has 1 rings (SSSR count). The van der Waals surface area contributed by atoms with Crippen LogP contribution in [0.2, 0.25) is 0 Å². The van der Waals surface area contributed by atoms with E-state index in [1.165, 1.54) is 32.0 Å². The van der Waals surface area contributed by atoms with Crippen LogP contribution in [0.5, 0.6) is 0 Å².